The van der Waals surface area contributed by atoms with Gasteiger partial charge in [0.2, 0.25) is 0 Å². The van der Waals surface area contributed by atoms with Crippen LogP contribution in [-0.4, -0.2) is 30.5 Å². The summed E-state index contributed by atoms with van der Waals surface area (Å²) in [5.74, 6) is 2.81. The van der Waals surface area contributed by atoms with Gasteiger partial charge in [-0.1, -0.05) is 17.7 Å². The largest absolute Gasteiger partial charge is 0.493 e. The van der Waals surface area contributed by atoms with Crippen molar-refractivity contribution in [1.82, 2.24) is 9.97 Å². The number of aldehydes is 1. The number of nitrogens with one attached hydrogen (secondary N) is 1. The van der Waals surface area contributed by atoms with E-state index in [1.807, 2.05) is 18.2 Å². The van der Waals surface area contributed by atoms with Crippen LogP contribution in [-0.2, 0) is 6.54 Å². The van der Waals surface area contributed by atoms with Gasteiger partial charge in [0, 0.05) is 12.5 Å². The number of anilines is 1. The molecule has 1 aromatic carbocycles. The smallest absolute Gasteiger partial charge is 0.170 e. The van der Waals surface area contributed by atoms with E-state index >= 15 is 0 Å². The van der Waals surface area contributed by atoms with Crippen molar-refractivity contribution < 1.29 is 14.3 Å². The number of hydrogen-bond donors (Lipinski definition) is 1. The summed E-state index contributed by atoms with van der Waals surface area (Å²) in [6.07, 6.45) is 2.77. The Hall–Kier alpha value is -2.34. The van der Waals surface area contributed by atoms with Gasteiger partial charge >= 0.3 is 0 Å². The molecule has 3 rings (SSSR count). The molecule has 1 heterocycles. The van der Waals surface area contributed by atoms with E-state index in [1.54, 1.807) is 14.2 Å². The minimum atomic E-state index is 0.225. The molecular formula is C17H18ClN3O3. The van der Waals surface area contributed by atoms with E-state index in [1.165, 1.54) is 0 Å². The van der Waals surface area contributed by atoms with E-state index in [2.05, 4.69) is 15.3 Å². The summed E-state index contributed by atoms with van der Waals surface area (Å²) in [6.45, 7) is 0.486. The lowest BCUT2D eigenvalue weighted by molar-refractivity contribution is 0.111. The average Bonchev–Trinajstić information content (AvgIpc) is 3.45. The van der Waals surface area contributed by atoms with Gasteiger partial charge in [-0.05, 0) is 30.5 Å². The first-order valence-corrected chi connectivity index (χ1v) is 8.01. The monoisotopic (exact) mass is 347 g/mol. The molecule has 0 saturated heterocycles. The third-order valence-corrected chi connectivity index (χ3v) is 4.23. The SMILES string of the molecule is COc1ccc(CNc2nc(C3CC3)nc(C=O)c2Cl)cc1OC. The first-order chi connectivity index (χ1) is 11.7. The highest BCUT2D eigenvalue weighted by molar-refractivity contribution is 6.35. The summed E-state index contributed by atoms with van der Waals surface area (Å²) >= 11 is 6.22. The Bertz CT molecular complexity index is 763. The first kappa shape index (κ1) is 16.5. The van der Waals surface area contributed by atoms with E-state index in [4.69, 9.17) is 21.1 Å². The Morgan fingerprint density at radius 2 is 2.00 bits per heavy atom. The molecule has 0 bridgehead atoms. The van der Waals surface area contributed by atoms with Crippen LogP contribution >= 0.6 is 11.6 Å². The van der Waals surface area contributed by atoms with Gasteiger partial charge in [0.1, 0.15) is 22.4 Å². The van der Waals surface area contributed by atoms with Crippen LogP contribution in [0.25, 0.3) is 0 Å². The van der Waals surface area contributed by atoms with Crippen molar-refractivity contribution in [3.8, 4) is 11.5 Å². The summed E-state index contributed by atoms with van der Waals surface area (Å²) in [4.78, 5) is 19.9. The van der Waals surface area contributed by atoms with E-state index < -0.39 is 0 Å². The third-order valence-electron chi connectivity index (χ3n) is 3.86. The zero-order chi connectivity index (χ0) is 17.1. The molecule has 0 atom stereocenters. The molecule has 1 N–H and O–H groups in total. The Labute approximate surface area is 145 Å². The second-order valence-corrected chi connectivity index (χ2v) is 5.94. The Morgan fingerprint density at radius 1 is 1.25 bits per heavy atom. The molecule has 0 spiro atoms. The average molecular weight is 348 g/mol. The van der Waals surface area contributed by atoms with E-state index in [0.29, 0.717) is 41.9 Å². The number of ether oxygens (including phenoxy) is 2. The Kier molecular flexibility index (Phi) is 4.85. The summed E-state index contributed by atoms with van der Waals surface area (Å²) < 4.78 is 10.5. The summed E-state index contributed by atoms with van der Waals surface area (Å²) in [7, 11) is 3.19. The molecule has 1 aromatic heterocycles. The summed E-state index contributed by atoms with van der Waals surface area (Å²) in [5, 5.41) is 3.42. The fourth-order valence-corrected chi connectivity index (χ4v) is 2.57. The molecule has 126 valence electrons. The first-order valence-electron chi connectivity index (χ1n) is 7.63. The van der Waals surface area contributed by atoms with Gasteiger partial charge in [-0.25, -0.2) is 9.97 Å². The number of nitrogens with zero attached hydrogens (tertiary/aromatic N) is 2. The fraction of sp³-hybridized carbons (Fsp3) is 0.353. The maximum Gasteiger partial charge on any atom is 0.170 e. The molecule has 6 nitrogen and oxygen atoms in total. The second kappa shape index (κ2) is 7.05. The topological polar surface area (TPSA) is 73.3 Å². The maximum atomic E-state index is 11.2. The van der Waals surface area contributed by atoms with Crippen LogP contribution in [0.1, 0.15) is 40.6 Å². The van der Waals surface area contributed by atoms with Crippen molar-refractivity contribution in [2.24, 2.45) is 0 Å². The van der Waals surface area contributed by atoms with Crippen molar-refractivity contribution >= 4 is 23.7 Å². The molecule has 2 aromatic rings. The molecular weight excluding hydrogens is 330 g/mol. The Morgan fingerprint density at radius 3 is 2.62 bits per heavy atom. The molecule has 1 aliphatic carbocycles. The normalized spacial score (nSPS) is 13.5. The maximum absolute atomic E-state index is 11.2. The van der Waals surface area contributed by atoms with E-state index in [0.717, 1.165) is 18.4 Å². The van der Waals surface area contributed by atoms with Crippen molar-refractivity contribution in [1.29, 1.82) is 0 Å². The van der Waals surface area contributed by atoms with Crippen LogP contribution in [0.3, 0.4) is 0 Å². The Balaban J connectivity index is 1.81. The summed E-state index contributed by atoms with van der Waals surface area (Å²) in [5.41, 5.74) is 1.20. The van der Waals surface area contributed by atoms with Crippen molar-refractivity contribution in [2.75, 3.05) is 19.5 Å². The molecule has 1 fully saturated rings. The van der Waals surface area contributed by atoms with Gasteiger partial charge in [0.05, 0.1) is 14.2 Å². The van der Waals surface area contributed by atoms with E-state index in [9.17, 15) is 4.79 Å². The lowest BCUT2D eigenvalue weighted by Crippen LogP contribution is -2.08. The minimum Gasteiger partial charge on any atom is -0.493 e. The van der Waals surface area contributed by atoms with Crippen molar-refractivity contribution in [2.45, 2.75) is 25.3 Å². The third kappa shape index (κ3) is 3.43. The molecule has 0 unspecified atom stereocenters. The molecule has 0 aliphatic heterocycles. The zero-order valence-corrected chi connectivity index (χ0v) is 14.3. The fourth-order valence-electron chi connectivity index (χ4n) is 2.38. The van der Waals surface area contributed by atoms with Crippen LogP contribution in [0.2, 0.25) is 5.02 Å². The van der Waals surface area contributed by atoms with Gasteiger partial charge in [-0.2, -0.15) is 0 Å². The number of carbonyl (C=O) groups excluding carboxylic acids is 1. The van der Waals surface area contributed by atoms with Crippen LogP contribution in [0, 0.1) is 0 Å². The molecule has 24 heavy (non-hydrogen) atoms. The minimum absolute atomic E-state index is 0.225. The lowest BCUT2D eigenvalue weighted by Gasteiger charge is -2.12. The quantitative estimate of drug-likeness (QED) is 0.773. The summed E-state index contributed by atoms with van der Waals surface area (Å²) in [6, 6.07) is 5.64. The van der Waals surface area contributed by atoms with E-state index in [-0.39, 0.29) is 10.7 Å². The van der Waals surface area contributed by atoms with Gasteiger partial charge < -0.3 is 14.8 Å². The second-order valence-electron chi connectivity index (χ2n) is 5.56. The number of hydrogen-bond acceptors (Lipinski definition) is 6. The van der Waals surface area contributed by atoms with Crippen molar-refractivity contribution in [3.63, 3.8) is 0 Å². The van der Waals surface area contributed by atoms with Gasteiger partial charge in [0.15, 0.2) is 17.8 Å². The lowest BCUT2D eigenvalue weighted by atomic mass is 10.2. The predicted molar refractivity (Wildman–Crippen MR) is 91.3 cm³/mol. The van der Waals surface area contributed by atoms with Crippen LogP contribution in [0.15, 0.2) is 18.2 Å². The number of rotatable bonds is 7. The number of carbonyl (C=O) groups is 1. The highest BCUT2D eigenvalue weighted by Crippen LogP contribution is 2.39. The van der Waals surface area contributed by atoms with Crippen LogP contribution < -0.4 is 14.8 Å². The predicted octanol–water partition coefficient (Wildman–Crippen LogP) is 3.45. The van der Waals surface area contributed by atoms with Crippen molar-refractivity contribution in [3.05, 3.63) is 40.3 Å². The molecule has 0 amide bonds. The van der Waals surface area contributed by atoms with Crippen LogP contribution in [0.4, 0.5) is 5.82 Å². The highest BCUT2D eigenvalue weighted by Gasteiger charge is 2.28. The van der Waals surface area contributed by atoms with Gasteiger partial charge in [0.25, 0.3) is 0 Å². The molecule has 1 saturated carbocycles. The van der Waals surface area contributed by atoms with Gasteiger partial charge in [-0.3, -0.25) is 4.79 Å². The standard InChI is InChI=1S/C17H18ClN3O3/c1-23-13-6-3-10(7-14(13)24-2)8-19-17-15(18)12(9-22)20-16(21-17)11-4-5-11/h3,6-7,9,11H,4-5,8H2,1-2H3,(H,19,20,21). The number of aromatic nitrogens is 2. The van der Waals surface area contributed by atoms with Crippen LogP contribution in [0.5, 0.6) is 11.5 Å². The number of halogens is 1. The highest BCUT2D eigenvalue weighted by atomic mass is 35.5. The number of methoxy groups -OCH3 is 2. The number of benzene rings is 1. The van der Waals surface area contributed by atoms with Gasteiger partial charge in [-0.15, -0.1) is 0 Å². The zero-order valence-electron chi connectivity index (χ0n) is 13.5. The molecule has 0 radical (unpaired) electrons. The molecule has 7 heteroatoms. The molecule has 1 aliphatic rings.